The van der Waals surface area contributed by atoms with E-state index in [1.54, 1.807) is 6.92 Å². The van der Waals surface area contributed by atoms with E-state index in [-0.39, 0.29) is 0 Å². The summed E-state index contributed by atoms with van der Waals surface area (Å²) in [6.07, 6.45) is 1.92. The van der Waals surface area contributed by atoms with E-state index < -0.39 is 6.16 Å². The van der Waals surface area contributed by atoms with Gasteiger partial charge in [-0.3, -0.25) is 0 Å². The topological polar surface area (TPSA) is 64.2 Å². The summed E-state index contributed by atoms with van der Waals surface area (Å²) in [5.74, 6) is 1.15. The Hall–Kier alpha value is -1.17. The lowest BCUT2D eigenvalue weighted by atomic mass is 10.5. The van der Waals surface area contributed by atoms with Crippen LogP contribution in [0.4, 0.5) is 4.79 Å². The van der Waals surface area contributed by atoms with E-state index in [0.29, 0.717) is 17.5 Å². The number of carbonyl (C=O) groups excluding carboxylic acids is 1. The molecule has 1 rings (SSSR count). The van der Waals surface area contributed by atoms with E-state index in [4.69, 9.17) is 4.74 Å². The van der Waals surface area contributed by atoms with Gasteiger partial charge in [-0.15, -0.1) is 11.8 Å². The molecule has 6 heteroatoms. The standard InChI is InChI=1S/C9H14N2O3S/c1-4-6-10-7(8(11-6)15-3)14-9(12)13-5-2/h4-5H2,1-3H3,(H,10,11). The van der Waals surface area contributed by atoms with Crippen LogP contribution in [-0.4, -0.2) is 29.0 Å². The molecule has 1 aromatic heterocycles. The molecule has 1 heterocycles. The van der Waals surface area contributed by atoms with Crippen LogP contribution in [0, 0.1) is 0 Å². The van der Waals surface area contributed by atoms with Crippen molar-refractivity contribution >= 4 is 17.9 Å². The maximum Gasteiger partial charge on any atom is 0.515 e. The summed E-state index contributed by atoms with van der Waals surface area (Å²) in [5, 5.41) is 0.667. The zero-order chi connectivity index (χ0) is 11.3. The van der Waals surface area contributed by atoms with Crippen LogP contribution in [-0.2, 0) is 11.2 Å². The number of aromatic nitrogens is 2. The Labute approximate surface area is 92.6 Å². The summed E-state index contributed by atoms with van der Waals surface area (Å²) < 4.78 is 9.63. The molecular weight excluding hydrogens is 216 g/mol. The molecule has 1 aromatic rings. The Kier molecular flexibility index (Phi) is 4.48. The quantitative estimate of drug-likeness (QED) is 0.634. The molecule has 0 saturated carbocycles. The number of aromatic amines is 1. The van der Waals surface area contributed by atoms with Crippen molar-refractivity contribution < 1.29 is 14.3 Å². The van der Waals surface area contributed by atoms with Crippen LogP contribution in [0.2, 0.25) is 0 Å². The highest BCUT2D eigenvalue weighted by Gasteiger charge is 2.14. The lowest BCUT2D eigenvalue weighted by Gasteiger charge is -2.01. The van der Waals surface area contributed by atoms with Crippen LogP contribution in [0.15, 0.2) is 5.03 Å². The van der Waals surface area contributed by atoms with Gasteiger partial charge in [0.2, 0.25) is 5.88 Å². The van der Waals surface area contributed by atoms with Gasteiger partial charge in [0.25, 0.3) is 0 Å². The largest absolute Gasteiger partial charge is 0.515 e. The van der Waals surface area contributed by atoms with Crippen molar-refractivity contribution in [2.75, 3.05) is 12.9 Å². The fraction of sp³-hybridized carbons (Fsp3) is 0.556. The predicted octanol–water partition coefficient (Wildman–Crippen LogP) is 2.23. The van der Waals surface area contributed by atoms with Crippen molar-refractivity contribution in [1.29, 1.82) is 0 Å². The van der Waals surface area contributed by atoms with E-state index >= 15 is 0 Å². The van der Waals surface area contributed by atoms with E-state index in [1.165, 1.54) is 11.8 Å². The summed E-state index contributed by atoms with van der Waals surface area (Å²) >= 11 is 1.42. The monoisotopic (exact) mass is 230 g/mol. The zero-order valence-corrected chi connectivity index (χ0v) is 9.81. The Bertz CT molecular complexity index is 338. The number of ether oxygens (including phenoxy) is 2. The van der Waals surface area contributed by atoms with Gasteiger partial charge in [0.05, 0.1) is 6.61 Å². The van der Waals surface area contributed by atoms with Crippen LogP contribution in [0.3, 0.4) is 0 Å². The lowest BCUT2D eigenvalue weighted by molar-refractivity contribution is 0.102. The summed E-state index contributed by atoms with van der Waals surface area (Å²) in [4.78, 5) is 18.2. The molecule has 5 nitrogen and oxygen atoms in total. The maximum absolute atomic E-state index is 11.1. The number of carbonyl (C=O) groups is 1. The number of thioether (sulfide) groups is 1. The average molecular weight is 230 g/mol. The molecule has 0 amide bonds. The first kappa shape index (κ1) is 11.9. The Morgan fingerprint density at radius 3 is 2.80 bits per heavy atom. The van der Waals surface area contributed by atoms with Gasteiger partial charge >= 0.3 is 6.16 Å². The first-order valence-electron chi connectivity index (χ1n) is 4.68. The first-order chi connectivity index (χ1) is 7.21. The van der Waals surface area contributed by atoms with Gasteiger partial charge < -0.3 is 14.5 Å². The minimum Gasteiger partial charge on any atom is -0.434 e. The predicted molar refractivity (Wildman–Crippen MR) is 57.4 cm³/mol. The van der Waals surface area contributed by atoms with Crippen LogP contribution in [0.1, 0.15) is 19.7 Å². The molecule has 0 spiro atoms. The average Bonchev–Trinajstić information content (AvgIpc) is 2.60. The SMILES string of the molecule is CCOC(=O)Oc1[nH]c(CC)nc1SC. The highest BCUT2D eigenvalue weighted by molar-refractivity contribution is 7.98. The Morgan fingerprint density at radius 2 is 2.27 bits per heavy atom. The lowest BCUT2D eigenvalue weighted by Crippen LogP contribution is -2.10. The van der Waals surface area contributed by atoms with E-state index in [1.807, 2.05) is 13.2 Å². The van der Waals surface area contributed by atoms with Gasteiger partial charge in [-0.2, -0.15) is 0 Å². The van der Waals surface area contributed by atoms with Crippen LogP contribution < -0.4 is 4.74 Å². The zero-order valence-electron chi connectivity index (χ0n) is 8.99. The highest BCUT2D eigenvalue weighted by Crippen LogP contribution is 2.25. The molecule has 0 aromatic carbocycles. The second-order valence-corrected chi connectivity index (χ2v) is 3.46. The molecule has 84 valence electrons. The Balaban J connectivity index is 2.74. The molecule has 0 atom stereocenters. The summed E-state index contributed by atoms with van der Waals surface area (Å²) in [6, 6.07) is 0. The van der Waals surface area contributed by atoms with Crippen LogP contribution in [0.5, 0.6) is 5.88 Å². The number of nitrogens with zero attached hydrogens (tertiary/aromatic N) is 1. The second kappa shape index (κ2) is 5.65. The maximum atomic E-state index is 11.1. The van der Waals surface area contributed by atoms with Gasteiger partial charge in [-0.1, -0.05) is 6.92 Å². The number of nitrogens with one attached hydrogen (secondary N) is 1. The van der Waals surface area contributed by atoms with E-state index in [9.17, 15) is 4.79 Å². The van der Waals surface area contributed by atoms with Gasteiger partial charge in [0, 0.05) is 6.42 Å². The van der Waals surface area contributed by atoms with Gasteiger partial charge in [0.1, 0.15) is 5.82 Å². The third-order valence-corrected chi connectivity index (χ3v) is 2.33. The molecule has 0 aliphatic carbocycles. The normalized spacial score (nSPS) is 10.1. The molecule has 15 heavy (non-hydrogen) atoms. The summed E-state index contributed by atoms with van der Waals surface area (Å²) in [5.41, 5.74) is 0. The van der Waals surface area contributed by atoms with Gasteiger partial charge in [0.15, 0.2) is 5.03 Å². The molecule has 0 aliphatic heterocycles. The molecule has 1 N–H and O–H groups in total. The van der Waals surface area contributed by atoms with Crippen molar-refractivity contribution in [2.24, 2.45) is 0 Å². The summed E-state index contributed by atoms with van der Waals surface area (Å²) in [7, 11) is 0. The van der Waals surface area contributed by atoms with Crippen LogP contribution >= 0.6 is 11.8 Å². The minimum atomic E-state index is -0.709. The molecular formula is C9H14N2O3S. The Morgan fingerprint density at radius 1 is 1.53 bits per heavy atom. The minimum absolute atomic E-state index is 0.294. The molecule has 0 radical (unpaired) electrons. The third-order valence-electron chi connectivity index (χ3n) is 1.66. The fourth-order valence-electron chi connectivity index (χ4n) is 0.991. The number of rotatable bonds is 4. The molecule has 0 fully saturated rings. The molecule has 0 unspecified atom stereocenters. The van der Waals surface area contributed by atoms with Gasteiger partial charge in [-0.25, -0.2) is 9.78 Å². The van der Waals surface area contributed by atoms with Crippen molar-refractivity contribution in [3.8, 4) is 5.88 Å². The number of H-pyrrole nitrogens is 1. The van der Waals surface area contributed by atoms with E-state index in [0.717, 1.165) is 12.2 Å². The fourth-order valence-corrected chi connectivity index (χ4v) is 1.47. The van der Waals surface area contributed by atoms with E-state index in [2.05, 4.69) is 14.7 Å². The van der Waals surface area contributed by atoms with Crippen molar-refractivity contribution in [3.05, 3.63) is 5.82 Å². The smallest absolute Gasteiger partial charge is 0.434 e. The molecule has 0 bridgehead atoms. The number of imidazole rings is 1. The first-order valence-corrected chi connectivity index (χ1v) is 5.91. The van der Waals surface area contributed by atoms with Gasteiger partial charge in [-0.05, 0) is 13.2 Å². The van der Waals surface area contributed by atoms with Crippen molar-refractivity contribution in [1.82, 2.24) is 9.97 Å². The molecule has 0 saturated heterocycles. The van der Waals surface area contributed by atoms with Crippen molar-refractivity contribution in [2.45, 2.75) is 25.3 Å². The summed E-state index contributed by atoms with van der Waals surface area (Å²) in [6.45, 7) is 3.99. The number of aryl methyl sites for hydroxylation is 1. The second-order valence-electron chi connectivity index (χ2n) is 2.66. The number of hydrogen-bond acceptors (Lipinski definition) is 5. The third kappa shape index (κ3) is 3.16. The molecule has 0 aliphatic rings. The van der Waals surface area contributed by atoms with Crippen molar-refractivity contribution in [3.63, 3.8) is 0 Å². The highest BCUT2D eigenvalue weighted by atomic mass is 32.2. The number of hydrogen-bond donors (Lipinski definition) is 1. The van der Waals surface area contributed by atoms with Crippen LogP contribution in [0.25, 0.3) is 0 Å².